The first-order valence-electron chi connectivity index (χ1n) is 10.9. The van der Waals surface area contributed by atoms with Gasteiger partial charge in [0.25, 0.3) is 0 Å². The minimum Gasteiger partial charge on any atom is -0.504 e. The fraction of sp³-hybridized carbons (Fsp3) is 0.375. The summed E-state index contributed by atoms with van der Waals surface area (Å²) in [6.45, 7) is 0.639. The van der Waals surface area contributed by atoms with Gasteiger partial charge < -0.3 is 20.3 Å². The number of phenols is 2. The van der Waals surface area contributed by atoms with Gasteiger partial charge in [-0.15, -0.1) is 0 Å². The number of methoxy groups -OCH3 is 1. The van der Waals surface area contributed by atoms with Crippen molar-refractivity contribution in [3.63, 3.8) is 0 Å². The van der Waals surface area contributed by atoms with Crippen LogP contribution in [0.4, 0.5) is 5.69 Å². The standard InChI is InChI=1S/C24H25N3O6/c1-33-10-4-9-27-21(30)19-16(11-13-7-8-17(28)18(29)12-13)26-24(20(19)22(27)31)14-5-2-3-6-15(14)25-23(24)32/h2-3,5-8,12,16,19-20,26,28-29H,4,9-11H2,1H3,(H,25,32)/t16-,19-,20+,24-/m1/s1. The highest BCUT2D eigenvalue weighted by molar-refractivity contribution is 6.15. The summed E-state index contributed by atoms with van der Waals surface area (Å²) in [5.74, 6) is -3.16. The lowest BCUT2D eigenvalue weighted by molar-refractivity contribution is -0.143. The number of hydrogen-bond acceptors (Lipinski definition) is 7. The van der Waals surface area contributed by atoms with E-state index in [1.54, 1.807) is 37.4 Å². The molecule has 9 nitrogen and oxygen atoms in total. The molecule has 2 saturated heterocycles. The third kappa shape index (κ3) is 3.11. The van der Waals surface area contributed by atoms with Gasteiger partial charge in [0.2, 0.25) is 17.7 Å². The van der Waals surface area contributed by atoms with E-state index in [0.717, 1.165) is 0 Å². The van der Waals surface area contributed by atoms with Crippen molar-refractivity contribution in [1.82, 2.24) is 10.2 Å². The summed E-state index contributed by atoms with van der Waals surface area (Å²) in [5.41, 5.74) is 0.590. The molecule has 9 heteroatoms. The van der Waals surface area contributed by atoms with Crippen LogP contribution in [0.25, 0.3) is 0 Å². The summed E-state index contributed by atoms with van der Waals surface area (Å²) in [4.78, 5) is 41.7. The molecule has 0 saturated carbocycles. The summed E-state index contributed by atoms with van der Waals surface area (Å²) in [7, 11) is 1.56. The van der Waals surface area contributed by atoms with Crippen molar-refractivity contribution in [3.05, 3.63) is 53.6 Å². The number of aromatic hydroxyl groups is 2. The van der Waals surface area contributed by atoms with E-state index in [1.165, 1.54) is 17.0 Å². The van der Waals surface area contributed by atoms with Gasteiger partial charge in [-0.2, -0.15) is 0 Å². The fourth-order valence-corrected chi connectivity index (χ4v) is 5.53. The van der Waals surface area contributed by atoms with Crippen molar-refractivity contribution in [2.24, 2.45) is 11.8 Å². The summed E-state index contributed by atoms with van der Waals surface area (Å²) in [6.07, 6.45) is 0.796. The Kier molecular flexibility index (Phi) is 5.10. The average molecular weight is 451 g/mol. The van der Waals surface area contributed by atoms with Gasteiger partial charge in [-0.1, -0.05) is 24.3 Å². The molecular formula is C24H25N3O6. The molecule has 0 unspecified atom stereocenters. The normalized spacial score (nSPS) is 27.8. The number of anilines is 1. The first kappa shape index (κ1) is 21.4. The molecule has 2 aromatic rings. The zero-order chi connectivity index (χ0) is 23.3. The zero-order valence-electron chi connectivity index (χ0n) is 18.1. The molecule has 0 aliphatic carbocycles. The number of carbonyl (C=O) groups is 3. The van der Waals surface area contributed by atoms with Crippen molar-refractivity contribution in [1.29, 1.82) is 0 Å². The summed E-state index contributed by atoms with van der Waals surface area (Å²) >= 11 is 0. The highest BCUT2D eigenvalue weighted by Gasteiger charge is 2.70. The van der Waals surface area contributed by atoms with E-state index < -0.39 is 23.4 Å². The van der Waals surface area contributed by atoms with Crippen molar-refractivity contribution in [2.75, 3.05) is 25.6 Å². The van der Waals surface area contributed by atoms with E-state index in [2.05, 4.69) is 10.6 Å². The Morgan fingerprint density at radius 1 is 1.06 bits per heavy atom. The number of rotatable bonds is 6. The Morgan fingerprint density at radius 2 is 1.85 bits per heavy atom. The first-order chi connectivity index (χ1) is 15.9. The second-order valence-corrected chi connectivity index (χ2v) is 8.76. The number of hydrogen-bond donors (Lipinski definition) is 4. The second kappa shape index (κ2) is 7.86. The van der Waals surface area contributed by atoms with Crippen LogP contribution >= 0.6 is 0 Å². The quantitative estimate of drug-likeness (QED) is 0.294. The number of amides is 3. The highest BCUT2D eigenvalue weighted by atomic mass is 16.5. The lowest BCUT2D eigenvalue weighted by Gasteiger charge is -2.29. The number of para-hydroxylation sites is 1. The molecule has 1 spiro atoms. The van der Waals surface area contributed by atoms with Crippen molar-refractivity contribution in [3.8, 4) is 11.5 Å². The van der Waals surface area contributed by atoms with Gasteiger partial charge in [0.15, 0.2) is 11.5 Å². The molecule has 0 bridgehead atoms. The molecule has 172 valence electrons. The summed E-state index contributed by atoms with van der Waals surface area (Å²) in [6, 6.07) is 11.1. The number of imide groups is 1. The molecule has 3 heterocycles. The van der Waals surface area contributed by atoms with Crippen LogP contribution in [0.5, 0.6) is 11.5 Å². The van der Waals surface area contributed by atoms with E-state index in [0.29, 0.717) is 29.8 Å². The van der Waals surface area contributed by atoms with Crippen LogP contribution in [-0.2, 0) is 31.1 Å². The Hall–Kier alpha value is -3.43. The Labute approximate surface area is 190 Å². The van der Waals surface area contributed by atoms with Gasteiger partial charge in [0.05, 0.1) is 11.8 Å². The Balaban J connectivity index is 1.56. The molecule has 4 atom stereocenters. The molecule has 2 aromatic carbocycles. The molecular weight excluding hydrogens is 426 g/mol. The van der Waals surface area contributed by atoms with Gasteiger partial charge >= 0.3 is 0 Å². The van der Waals surface area contributed by atoms with Crippen molar-refractivity contribution in [2.45, 2.75) is 24.4 Å². The van der Waals surface area contributed by atoms with Gasteiger partial charge in [-0.3, -0.25) is 24.6 Å². The SMILES string of the molecule is COCCCN1C(=O)[C@H]2[C@@H](C1=O)[C@@]1(N[C@@H]2Cc2ccc(O)c(O)c2)C(=O)Nc2ccccc21. The van der Waals surface area contributed by atoms with Gasteiger partial charge in [-0.05, 0) is 36.6 Å². The third-order valence-electron chi connectivity index (χ3n) is 6.94. The van der Waals surface area contributed by atoms with E-state index in [9.17, 15) is 24.6 Å². The first-order valence-corrected chi connectivity index (χ1v) is 10.9. The van der Waals surface area contributed by atoms with E-state index in [-0.39, 0.29) is 42.2 Å². The maximum absolute atomic E-state index is 13.6. The molecule has 33 heavy (non-hydrogen) atoms. The number of likely N-dealkylation sites (tertiary alicyclic amines) is 1. The van der Waals surface area contributed by atoms with Gasteiger partial charge in [0.1, 0.15) is 5.54 Å². The molecule has 3 aliphatic heterocycles. The smallest absolute Gasteiger partial charge is 0.250 e. The lowest BCUT2D eigenvalue weighted by atomic mass is 9.76. The van der Waals surface area contributed by atoms with Crippen LogP contribution in [0.15, 0.2) is 42.5 Å². The largest absolute Gasteiger partial charge is 0.504 e. The molecule has 2 fully saturated rings. The zero-order valence-corrected chi connectivity index (χ0v) is 18.1. The maximum atomic E-state index is 13.6. The van der Waals surface area contributed by atoms with Crippen LogP contribution in [0.1, 0.15) is 17.5 Å². The Morgan fingerprint density at radius 3 is 2.61 bits per heavy atom. The number of carbonyl (C=O) groups excluding carboxylic acids is 3. The van der Waals surface area contributed by atoms with E-state index in [4.69, 9.17) is 4.74 Å². The van der Waals surface area contributed by atoms with Crippen LogP contribution in [0.3, 0.4) is 0 Å². The Bertz CT molecular complexity index is 1150. The number of nitrogens with one attached hydrogen (secondary N) is 2. The third-order valence-corrected chi connectivity index (χ3v) is 6.94. The molecule has 5 rings (SSSR count). The summed E-state index contributed by atoms with van der Waals surface area (Å²) in [5, 5.41) is 25.8. The van der Waals surface area contributed by atoms with Crippen molar-refractivity contribution >= 4 is 23.4 Å². The van der Waals surface area contributed by atoms with Crippen LogP contribution in [0.2, 0.25) is 0 Å². The molecule has 4 N–H and O–H groups in total. The molecule has 0 aromatic heterocycles. The lowest BCUT2D eigenvalue weighted by Crippen LogP contribution is -2.53. The highest BCUT2D eigenvalue weighted by Crippen LogP contribution is 2.53. The topological polar surface area (TPSA) is 128 Å². The maximum Gasteiger partial charge on any atom is 0.250 e. The minimum absolute atomic E-state index is 0.227. The van der Waals surface area contributed by atoms with E-state index >= 15 is 0 Å². The predicted octanol–water partition coefficient (Wildman–Crippen LogP) is 1.10. The number of ether oxygens (including phenoxy) is 1. The summed E-state index contributed by atoms with van der Waals surface area (Å²) < 4.78 is 5.07. The number of phenolic OH excluding ortho intramolecular Hbond substituents is 2. The second-order valence-electron chi connectivity index (χ2n) is 8.76. The monoisotopic (exact) mass is 451 g/mol. The average Bonchev–Trinajstić information content (AvgIpc) is 3.37. The molecule has 3 amide bonds. The molecule has 3 aliphatic rings. The number of nitrogens with zero attached hydrogens (tertiary/aromatic N) is 1. The predicted molar refractivity (Wildman–Crippen MR) is 117 cm³/mol. The minimum atomic E-state index is -1.35. The fourth-order valence-electron chi connectivity index (χ4n) is 5.53. The van der Waals surface area contributed by atoms with Crippen LogP contribution in [0, 0.1) is 11.8 Å². The van der Waals surface area contributed by atoms with Crippen LogP contribution in [-0.4, -0.2) is 59.1 Å². The number of fused-ring (bicyclic) bond motifs is 4. The molecule has 0 radical (unpaired) electrons. The van der Waals surface area contributed by atoms with Gasteiger partial charge in [0, 0.05) is 37.6 Å². The van der Waals surface area contributed by atoms with E-state index in [1.807, 2.05) is 0 Å². The van der Waals surface area contributed by atoms with Gasteiger partial charge in [-0.25, -0.2) is 0 Å². The van der Waals surface area contributed by atoms with Crippen molar-refractivity contribution < 1.29 is 29.3 Å². The van der Waals surface area contributed by atoms with Crippen LogP contribution < -0.4 is 10.6 Å². The number of benzene rings is 2.